The molecular formula is C22H24N4O5S2. The van der Waals surface area contributed by atoms with Crippen molar-refractivity contribution in [1.82, 2.24) is 14.3 Å². The van der Waals surface area contributed by atoms with Crippen LogP contribution in [0.1, 0.15) is 22.4 Å². The number of carbonyl (C=O) groups is 1. The number of morpholine rings is 1. The SMILES string of the molecule is Cc1ccc(NC(=O)COc2ncnc3sc4c(c23)CCC4)cc1S(=O)(=O)N1CCOCC1. The first-order valence-corrected chi connectivity index (χ1v) is 13.1. The van der Waals surface area contributed by atoms with E-state index in [0.717, 1.165) is 29.5 Å². The molecule has 1 fully saturated rings. The number of rotatable bonds is 6. The lowest BCUT2D eigenvalue weighted by molar-refractivity contribution is -0.118. The summed E-state index contributed by atoms with van der Waals surface area (Å²) in [4.78, 5) is 23.5. The van der Waals surface area contributed by atoms with Gasteiger partial charge in [0.25, 0.3) is 5.91 Å². The molecule has 2 aliphatic rings. The fraction of sp³-hybridized carbons (Fsp3) is 0.409. The Balaban J connectivity index is 1.30. The molecule has 11 heteroatoms. The first-order valence-electron chi connectivity index (χ1n) is 10.8. The van der Waals surface area contributed by atoms with Gasteiger partial charge < -0.3 is 14.8 Å². The van der Waals surface area contributed by atoms with Crippen molar-refractivity contribution in [3.8, 4) is 5.88 Å². The summed E-state index contributed by atoms with van der Waals surface area (Å²) in [6, 6.07) is 4.86. The topological polar surface area (TPSA) is 111 Å². The minimum absolute atomic E-state index is 0.175. The summed E-state index contributed by atoms with van der Waals surface area (Å²) in [6.45, 7) is 2.86. The number of aromatic nitrogens is 2. The summed E-state index contributed by atoms with van der Waals surface area (Å²) in [5.74, 6) is 0.0150. The highest BCUT2D eigenvalue weighted by Crippen LogP contribution is 2.39. The van der Waals surface area contributed by atoms with Crippen LogP contribution >= 0.6 is 11.3 Å². The number of aryl methyl sites for hydroxylation is 3. The predicted octanol–water partition coefficient (Wildman–Crippen LogP) is 2.53. The molecule has 174 valence electrons. The van der Waals surface area contributed by atoms with E-state index in [4.69, 9.17) is 9.47 Å². The molecule has 1 N–H and O–H groups in total. The Kier molecular flexibility index (Phi) is 6.04. The molecule has 33 heavy (non-hydrogen) atoms. The van der Waals surface area contributed by atoms with Crippen molar-refractivity contribution >= 4 is 43.2 Å². The number of carbonyl (C=O) groups excluding carboxylic acids is 1. The minimum atomic E-state index is -3.68. The van der Waals surface area contributed by atoms with Crippen molar-refractivity contribution < 1.29 is 22.7 Å². The fourth-order valence-corrected chi connectivity index (χ4v) is 7.10. The van der Waals surface area contributed by atoms with E-state index in [-0.39, 0.29) is 11.5 Å². The zero-order valence-electron chi connectivity index (χ0n) is 18.2. The predicted molar refractivity (Wildman–Crippen MR) is 124 cm³/mol. The molecule has 2 aromatic heterocycles. The van der Waals surface area contributed by atoms with Gasteiger partial charge in [-0.1, -0.05) is 6.07 Å². The maximum absolute atomic E-state index is 13.1. The molecule has 0 saturated carbocycles. The number of hydrogen-bond acceptors (Lipinski definition) is 8. The number of anilines is 1. The van der Waals surface area contributed by atoms with Crippen LogP contribution in [-0.2, 0) is 32.4 Å². The average Bonchev–Trinajstić information content (AvgIpc) is 3.41. The largest absolute Gasteiger partial charge is 0.467 e. The second-order valence-electron chi connectivity index (χ2n) is 8.05. The first kappa shape index (κ1) is 22.2. The normalized spacial score (nSPS) is 16.6. The van der Waals surface area contributed by atoms with Crippen LogP contribution in [0.15, 0.2) is 29.4 Å². The molecule has 1 amide bonds. The minimum Gasteiger partial charge on any atom is -0.467 e. The van der Waals surface area contributed by atoms with E-state index in [0.29, 0.717) is 43.4 Å². The number of nitrogens with one attached hydrogen (secondary N) is 1. The summed E-state index contributed by atoms with van der Waals surface area (Å²) >= 11 is 1.65. The van der Waals surface area contributed by atoms with Crippen LogP contribution in [0.4, 0.5) is 5.69 Å². The van der Waals surface area contributed by atoms with Gasteiger partial charge in [-0.15, -0.1) is 11.3 Å². The highest BCUT2D eigenvalue weighted by Gasteiger charge is 2.28. The lowest BCUT2D eigenvalue weighted by atomic mass is 10.2. The van der Waals surface area contributed by atoms with Gasteiger partial charge in [-0.3, -0.25) is 4.79 Å². The average molecular weight is 489 g/mol. The third-order valence-corrected chi connectivity index (χ3v) is 9.11. The van der Waals surface area contributed by atoms with Crippen molar-refractivity contribution in [3.05, 3.63) is 40.5 Å². The van der Waals surface area contributed by atoms with Crippen LogP contribution in [-0.4, -0.2) is 61.5 Å². The molecule has 9 nitrogen and oxygen atoms in total. The van der Waals surface area contributed by atoms with Crippen LogP contribution in [0.25, 0.3) is 10.2 Å². The molecular weight excluding hydrogens is 464 g/mol. The number of sulfonamides is 1. The number of thiophene rings is 1. The van der Waals surface area contributed by atoms with Crippen LogP contribution < -0.4 is 10.1 Å². The molecule has 3 aromatic rings. The Morgan fingerprint density at radius 3 is 2.88 bits per heavy atom. The molecule has 0 unspecified atom stereocenters. The Morgan fingerprint density at radius 2 is 2.06 bits per heavy atom. The van der Waals surface area contributed by atoms with Gasteiger partial charge in [-0.25, -0.2) is 18.4 Å². The van der Waals surface area contributed by atoms with Gasteiger partial charge in [0.2, 0.25) is 15.9 Å². The second kappa shape index (κ2) is 8.98. The van der Waals surface area contributed by atoms with Gasteiger partial charge in [0, 0.05) is 23.7 Å². The Bertz CT molecular complexity index is 1320. The van der Waals surface area contributed by atoms with E-state index in [9.17, 15) is 13.2 Å². The lowest BCUT2D eigenvalue weighted by Crippen LogP contribution is -2.40. The molecule has 0 spiro atoms. The number of benzene rings is 1. The molecule has 0 atom stereocenters. The number of hydrogen-bond donors (Lipinski definition) is 1. The summed E-state index contributed by atoms with van der Waals surface area (Å²) < 4.78 is 38.6. The number of amides is 1. The highest BCUT2D eigenvalue weighted by atomic mass is 32.2. The molecule has 0 bridgehead atoms. The maximum atomic E-state index is 13.1. The highest BCUT2D eigenvalue weighted by molar-refractivity contribution is 7.89. The van der Waals surface area contributed by atoms with Gasteiger partial charge >= 0.3 is 0 Å². The van der Waals surface area contributed by atoms with Crippen LogP contribution in [0.3, 0.4) is 0 Å². The van der Waals surface area contributed by atoms with E-state index in [1.807, 2.05) is 0 Å². The molecule has 3 heterocycles. The van der Waals surface area contributed by atoms with Crippen LogP contribution in [0, 0.1) is 6.92 Å². The molecule has 5 rings (SSSR count). The maximum Gasteiger partial charge on any atom is 0.262 e. The van der Waals surface area contributed by atoms with Gasteiger partial charge in [-0.2, -0.15) is 4.31 Å². The van der Waals surface area contributed by atoms with Crippen LogP contribution in [0.2, 0.25) is 0 Å². The molecule has 1 saturated heterocycles. The summed E-state index contributed by atoms with van der Waals surface area (Å²) in [7, 11) is -3.68. The molecule has 0 radical (unpaired) electrons. The standard InChI is InChI=1S/C22H24N4O5S2/c1-14-5-6-15(11-18(14)33(28,29)26-7-9-30-10-8-26)25-19(27)12-31-21-20-16-3-2-4-17(16)32-22(20)24-13-23-21/h5-6,11,13H,2-4,7-10,12H2,1H3,(H,25,27). The zero-order valence-corrected chi connectivity index (χ0v) is 19.8. The van der Waals surface area contributed by atoms with Crippen molar-refractivity contribution in [2.75, 3.05) is 38.2 Å². The van der Waals surface area contributed by atoms with Gasteiger partial charge in [0.1, 0.15) is 11.2 Å². The Hall–Kier alpha value is -2.60. The third kappa shape index (κ3) is 4.33. The number of fused-ring (bicyclic) bond motifs is 3. The Labute approximate surface area is 195 Å². The van der Waals surface area contributed by atoms with Crippen molar-refractivity contribution in [3.63, 3.8) is 0 Å². The van der Waals surface area contributed by atoms with E-state index in [1.165, 1.54) is 27.1 Å². The Morgan fingerprint density at radius 1 is 1.24 bits per heavy atom. The van der Waals surface area contributed by atoms with Crippen LogP contribution in [0.5, 0.6) is 5.88 Å². The quantitative estimate of drug-likeness (QED) is 0.568. The third-order valence-electron chi connectivity index (χ3n) is 5.87. The van der Waals surface area contributed by atoms with Gasteiger partial charge in [0.05, 0.1) is 23.5 Å². The van der Waals surface area contributed by atoms with Gasteiger partial charge in [0.15, 0.2) is 6.61 Å². The van der Waals surface area contributed by atoms with Crippen molar-refractivity contribution in [2.45, 2.75) is 31.1 Å². The second-order valence-corrected chi connectivity index (χ2v) is 11.0. The van der Waals surface area contributed by atoms with E-state index in [1.54, 1.807) is 30.4 Å². The monoisotopic (exact) mass is 488 g/mol. The summed E-state index contributed by atoms with van der Waals surface area (Å²) in [6.07, 6.45) is 4.56. The number of ether oxygens (including phenoxy) is 2. The molecule has 1 aromatic carbocycles. The zero-order chi connectivity index (χ0) is 23.0. The number of nitrogens with zero attached hydrogens (tertiary/aromatic N) is 3. The summed E-state index contributed by atoms with van der Waals surface area (Å²) in [5.41, 5.74) is 2.23. The first-order chi connectivity index (χ1) is 15.9. The van der Waals surface area contributed by atoms with Crippen molar-refractivity contribution in [1.29, 1.82) is 0 Å². The molecule has 1 aliphatic heterocycles. The lowest BCUT2D eigenvalue weighted by Gasteiger charge is -2.26. The van der Waals surface area contributed by atoms with E-state index in [2.05, 4.69) is 15.3 Å². The smallest absolute Gasteiger partial charge is 0.262 e. The van der Waals surface area contributed by atoms with Crippen molar-refractivity contribution in [2.24, 2.45) is 0 Å². The van der Waals surface area contributed by atoms with E-state index < -0.39 is 15.9 Å². The molecule has 1 aliphatic carbocycles. The summed E-state index contributed by atoms with van der Waals surface area (Å²) in [5, 5.41) is 3.64. The fourth-order valence-electron chi connectivity index (χ4n) is 4.22. The van der Waals surface area contributed by atoms with Gasteiger partial charge in [-0.05, 0) is 49.4 Å². The van der Waals surface area contributed by atoms with E-state index >= 15 is 0 Å².